The largest absolute Gasteiger partial charge is 0.465 e. The van der Waals surface area contributed by atoms with E-state index < -0.39 is 0 Å². The summed E-state index contributed by atoms with van der Waals surface area (Å²) in [5.74, 6) is -0.263. The maximum absolute atomic E-state index is 11.4. The smallest absolute Gasteiger partial charge is 0.305 e. The number of hydrogen-bond acceptors (Lipinski definition) is 4. The Kier molecular flexibility index (Phi) is 11.3. The number of carbonyl (C=O) groups is 2. The molecule has 0 amide bonds. The van der Waals surface area contributed by atoms with Crippen LogP contribution in [-0.4, -0.2) is 25.2 Å². The zero-order chi connectivity index (χ0) is 14.5. The number of hydrogen-bond donors (Lipinski definition) is 0. The Labute approximate surface area is 116 Å². The van der Waals surface area contributed by atoms with Gasteiger partial charge in [-0.05, 0) is 12.8 Å². The van der Waals surface area contributed by atoms with Crippen LogP contribution < -0.4 is 0 Å². The van der Waals surface area contributed by atoms with Crippen LogP contribution in [0.15, 0.2) is 0 Å². The summed E-state index contributed by atoms with van der Waals surface area (Å²) in [5, 5.41) is 0. The average Bonchev–Trinajstić information content (AvgIpc) is 2.40. The zero-order valence-corrected chi connectivity index (χ0v) is 12.6. The van der Waals surface area contributed by atoms with E-state index in [0.29, 0.717) is 26.1 Å². The highest BCUT2D eigenvalue weighted by Crippen LogP contribution is 2.04. The highest BCUT2D eigenvalue weighted by atomic mass is 16.5. The molecule has 0 aromatic heterocycles. The van der Waals surface area contributed by atoms with Crippen LogP contribution in [0.3, 0.4) is 0 Å². The molecule has 1 atom stereocenters. The molecule has 112 valence electrons. The van der Waals surface area contributed by atoms with Gasteiger partial charge in [0.2, 0.25) is 0 Å². The van der Waals surface area contributed by atoms with E-state index in [1.165, 1.54) is 0 Å². The summed E-state index contributed by atoms with van der Waals surface area (Å²) in [6, 6.07) is 0. The molecule has 0 aliphatic heterocycles. The van der Waals surface area contributed by atoms with Gasteiger partial charge in [-0.15, -0.1) is 0 Å². The molecule has 4 nitrogen and oxygen atoms in total. The SMILES string of the molecule is CCCCCC(=O)OCC(C)COC(=O)CCCC. The van der Waals surface area contributed by atoms with E-state index in [1.807, 2.05) is 13.8 Å². The first-order valence-electron chi connectivity index (χ1n) is 7.41. The zero-order valence-electron chi connectivity index (χ0n) is 12.6. The molecule has 19 heavy (non-hydrogen) atoms. The molecule has 4 heteroatoms. The molecule has 0 saturated carbocycles. The summed E-state index contributed by atoms with van der Waals surface area (Å²) >= 11 is 0. The minimum absolute atomic E-state index is 0.0562. The summed E-state index contributed by atoms with van der Waals surface area (Å²) < 4.78 is 10.2. The molecule has 0 saturated heterocycles. The highest BCUT2D eigenvalue weighted by Gasteiger charge is 2.10. The van der Waals surface area contributed by atoms with Crippen LogP contribution in [0, 0.1) is 5.92 Å². The second kappa shape index (κ2) is 12.0. The van der Waals surface area contributed by atoms with Crippen molar-refractivity contribution in [1.29, 1.82) is 0 Å². The molecular weight excluding hydrogens is 244 g/mol. The van der Waals surface area contributed by atoms with Crippen molar-refractivity contribution < 1.29 is 19.1 Å². The minimum Gasteiger partial charge on any atom is -0.465 e. The first-order valence-corrected chi connectivity index (χ1v) is 7.41. The molecular formula is C15H28O4. The van der Waals surface area contributed by atoms with E-state index in [4.69, 9.17) is 9.47 Å². The van der Waals surface area contributed by atoms with E-state index >= 15 is 0 Å². The summed E-state index contributed by atoms with van der Waals surface area (Å²) in [5.41, 5.74) is 0. The topological polar surface area (TPSA) is 52.6 Å². The Morgan fingerprint density at radius 3 is 1.79 bits per heavy atom. The van der Waals surface area contributed by atoms with Crippen molar-refractivity contribution in [3.05, 3.63) is 0 Å². The molecule has 0 heterocycles. The third kappa shape index (κ3) is 11.7. The maximum Gasteiger partial charge on any atom is 0.305 e. The quantitative estimate of drug-likeness (QED) is 0.427. The minimum atomic E-state index is -0.164. The number of ether oxygens (including phenoxy) is 2. The lowest BCUT2D eigenvalue weighted by Crippen LogP contribution is -2.18. The van der Waals surface area contributed by atoms with E-state index in [1.54, 1.807) is 0 Å². The molecule has 0 N–H and O–H groups in total. The summed E-state index contributed by atoms with van der Waals surface area (Å²) in [6.07, 6.45) is 5.84. The normalized spacial score (nSPS) is 11.9. The number of carbonyl (C=O) groups excluding carboxylic acids is 2. The molecule has 0 aliphatic carbocycles. The van der Waals surface area contributed by atoms with Crippen LogP contribution in [0.2, 0.25) is 0 Å². The molecule has 0 bridgehead atoms. The van der Waals surface area contributed by atoms with Gasteiger partial charge in [0, 0.05) is 18.8 Å². The van der Waals surface area contributed by atoms with Gasteiger partial charge < -0.3 is 9.47 Å². The number of unbranched alkanes of at least 4 members (excludes halogenated alkanes) is 3. The molecule has 0 aliphatic rings. The van der Waals surface area contributed by atoms with E-state index in [0.717, 1.165) is 32.1 Å². The summed E-state index contributed by atoms with van der Waals surface area (Å²) in [6.45, 7) is 6.69. The summed E-state index contributed by atoms with van der Waals surface area (Å²) in [4.78, 5) is 22.7. The monoisotopic (exact) mass is 272 g/mol. The van der Waals surface area contributed by atoms with Gasteiger partial charge in [-0.25, -0.2) is 0 Å². The Balaban J connectivity index is 3.55. The van der Waals surface area contributed by atoms with Crippen LogP contribution in [-0.2, 0) is 19.1 Å². The van der Waals surface area contributed by atoms with E-state index in [2.05, 4.69) is 6.92 Å². The van der Waals surface area contributed by atoms with Crippen LogP contribution in [0.25, 0.3) is 0 Å². The van der Waals surface area contributed by atoms with Gasteiger partial charge in [-0.3, -0.25) is 9.59 Å². The van der Waals surface area contributed by atoms with Crippen molar-refractivity contribution in [2.75, 3.05) is 13.2 Å². The van der Waals surface area contributed by atoms with Crippen molar-refractivity contribution in [2.45, 2.75) is 65.7 Å². The summed E-state index contributed by atoms with van der Waals surface area (Å²) in [7, 11) is 0. The molecule has 0 radical (unpaired) electrons. The fourth-order valence-corrected chi connectivity index (χ4v) is 1.50. The van der Waals surface area contributed by atoms with Gasteiger partial charge in [0.25, 0.3) is 0 Å². The van der Waals surface area contributed by atoms with Crippen LogP contribution >= 0.6 is 0 Å². The van der Waals surface area contributed by atoms with Crippen molar-refractivity contribution in [3.63, 3.8) is 0 Å². The van der Waals surface area contributed by atoms with Gasteiger partial charge >= 0.3 is 11.9 Å². The molecule has 0 spiro atoms. The van der Waals surface area contributed by atoms with Crippen molar-refractivity contribution in [2.24, 2.45) is 5.92 Å². The second-order valence-corrected chi connectivity index (χ2v) is 5.03. The van der Waals surface area contributed by atoms with Crippen molar-refractivity contribution >= 4 is 11.9 Å². The predicted octanol–water partition coefficient (Wildman–Crippen LogP) is 3.48. The lowest BCUT2D eigenvalue weighted by molar-refractivity contribution is -0.148. The molecule has 1 unspecified atom stereocenters. The highest BCUT2D eigenvalue weighted by molar-refractivity contribution is 5.69. The fourth-order valence-electron chi connectivity index (χ4n) is 1.50. The van der Waals surface area contributed by atoms with Crippen LogP contribution in [0.1, 0.15) is 65.7 Å². The molecule has 0 aromatic rings. The van der Waals surface area contributed by atoms with Crippen LogP contribution in [0.4, 0.5) is 0 Å². The molecule has 0 fully saturated rings. The van der Waals surface area contributed by atoms with E-state index in [-0.39, 0.29) is 17.9 Å². The Morgan fingerprint density at radius 2 is 1.32 bits per heavy atom. The lowest BCUT2D eigenvalue weighted by atomic mass is 10.2. The molecule has 0 aromatic carbocycles. The van der Waals surface area contributed by atoms with Gasteiger partial charge in [-0.1, -0.05) is 40.0 Å². The van der Waals surface area contributed by atoms with Gasteiger partial charge in [-0.2, -0.15) is 0 Å². The van der Waals surface area contributed by atoms with Crippen molar-refractivity contribution in [1.82, 2.24) is 0 Å². The van der Waals surface area contributed by atoms with Crippen LogP contribution in [0.5, 0.6) is 0 Å². The Hall–Kier alpha value is -1.06. The third-order valence-corrected chi connectivity index (χ3v) is 2.78. The number of esters is 2. The van der Waals surface area contributed by atoms with Crippen molar-refractivity contribution in [3.8, 4) is 0 Å². The fraction of sp³-hybridized carbons (Fsp3) is 0.867. The van der Waals surface area contributed by atoms with Gasteiger partial charge in [0.05, 0.1) is 13.2 Å². The average molecular weight is 272 g/mol. The van der Waals surface area contributed by atoms with E-state index in [9.17, 15) is 9.59 Å². The first-order chi connectivity index (χ1) is 9.10. The van der Waals surface area contributed by atoms with Gasteiger partial charge in [0.1, 0.15) is 0 Å². The third-order valence-electron chi connectivity index (χ3n) is 2.78. The Bertz CT molecular complexity index is 251. The number of rotatable bonds is 11. The first kappa shape index (κ1) is 17.9. The Morgan fingerprint density at radius 1 is 0.842 bits per heavy atom. The molecule has 0 rings (SSSR count). The second-order valence-electron chi connectivity index (χ2n) is 5.03. The standard InChI is InChI=1S/C15H28O4/c1-4-6-8-10-15(17)19-12-13(3)11-18-14(16)9-7-5-2/h13H,4-12H2,1-3H3. The maximum atomic E-state index is 11.4. The predicted molar refractivity (Wildman–Crippen MR) is 74.7 cm³/mol. The lowest BCUT2D eigenvalue weighted by Gasteiger charge is -2.12. The van der Waals surface area contributed by atoms with Gasteiger partial charge in [0.15, 0.2) is 0 Å².